The fourth-order valence-corrected chi connectivity index (χ4v) is 6.19. The average Bonchev–Trinajstić information content (AvgIpc) is 3.46. The lowest BCUT2D eigenvalue weighted by Crippen LogP contribution is -2.40. The van der Waals surface area contributed by atoms with Crippen molar-refractivity contribution in [1.29, 1.82) is 0 Å². The molecule has 7 rings (SSSR count). The van der Waals surface area contributed by atoms with Gasteiger partial charge in [-0.1, -0.05) is 60.1 Å². The number of hydrogen-bond acceptors (Lipinski definition) is 5. The van der Waals surface area contributed by atoms with E-state index in [1.54, 1.807) is 23.1 Å². The van der Waals surface area contributed by atoms with Gasteiger partial charge in [-0.15, -0.1) is 0 Å². The molecule has 0 saturated carbocycles. The molecule has 1 aromatic heterocycles. The Hall–Kier alpha value is -4.98. The molecule has 0 bridgehead atoms. The molecule has 0 spiro atoms. The smallest absolute Gasteiger partial charge is 0.256 e. The van der Waals surface area contributed by atoms with Crippen LogP contribution in [0.3, 0.4) is 0 Å². The van der Waals surface area contributed by atoms with Gasteiger partial charge in [0.1, 0.15) is 11.5 Å². The van der Waals surface area contributed by atoms with E-state index in [2.05, 4.69) is 11.4 Å². The summed E-state index contributed by atoms with van der Waals surface area (Å²) in [6.07, 6.45) is 3.57. The molecule has 224 valence electrons. The van der Waals surface area contributed by atoms with E-state index in [1.807, 2.05) is 78.9 Å². The summed E-state index contributed by atoms with van der Waals surface area (Å²) in [6, 6.07) is 30.4. The van der Waals surface area contributed by atoms with Gasteiger partial charge in [0.25, 0.3) is 11.8 Å². The number of carbonyl (C=O) groups is 2. The van der Waals surface area contributed by atoms with E-state index in [4.69, 9.17) is 26.1 Å². The van der Waals surface area contributed by atoms with Gasteiger partial charge in [-0.05, 0) is 84.1 Å². The second-order valence-electron chi connectivity index (χ2n) is 11.0. The first kappa shape index (κ1) is 28.8. The monoisotopic (exact) mass is 615 g/mol. The number of fused-ring (bicyclic) bond motifs is 2. The Morgan fingerprint density at radius 3 is 2.47 bits per heavy atom. The van der Waals surface area contributed by atoms with E-state index in [9.17, 15) is 9.59 Å². The Labute approximate surface area is 266 Å². The second-order valence-corrected chi connectivity index (χ2v) is 11.4. The molecular formula is C37H30ClN3O4. The van der Waals surface area contributed by atoms with Crippen LogP contribution >= 0.6 is 11.6 Å². The predicted octanol–water partition coefficient (Wildman–Crippen LogP) is 7.89. The van der Waals surface area contributed by atoms with Crippen molar-refractivity contribution in [3.05, 3.63) is 130 Å². The van der Waals surface area contributed by atoms with Crippen molar-refractivity contribution in [2.24, 2.45) is 0 Å². The number of anilines is 1. The topological polar surface area (TPSA) is 80.8 Å². The third kappa shape index (κ3) is 6.05. The van der Waals surface area contributed by atoms with Crippen LogP contribution in [0.1, 0.15) is 44.0 Å². The highest BCUT2D eigenvalue weighted by Crippen LogP contribution is 2.38. The summed E-state index contributed by atoms with van der Waals surface area (Å²) in [7, 11) is 0. The van der Waals surface area contributed by atoms with E-state index in [1.165, 1.54) is 0 Å². The van der Waals surface area contributed by atoms with Gasteiger partial charge < -0.3 is 19.7 Å². The molecule has 8 heteroatoms. The number of aromatic nitrogens is 1. The van der Waals surface area contributed by atoms with Gasteiger partial charge >= 0.3 is 0 Å². The summed E-state index contributed by atoms with van der Waals surface area (Å²) in [4.78, 5) is 33.7. The number of rotatable bonds is 6. The average molecular weight is 616 g/mol. The molecule has 1 aliphatic heterocycles. The van der Waals surface area contributed by atoms with Crippen molar-refractivity contribution in [2.45, 2.75) is 12.8 Å². The number of amides is 2. The zero-order valence-electron chi connectivity index (χ0n) is 24.5. The molecule has 1 N–H and O–H groups in total. The highest BCUT2D eigenvalue weighted by molar-refractivity contribution is 6.34. The van der Waals surface area contributed by atoms with Gasteiger partial charge in [0.15, 0.2) is 0 Å². The molecule has 1 saturated heterocycles. The lowest BCUT2D eigenvalue weighted by molar-refractivity contribution is 0.0303. The number of carbonyl (C=O) groups excluding carboxylic acids is 2. The summed E-state index contributed by atoms with van der Waals surface area (Å²) >= 11 is 6.56. The SMILES string of the molecule is O=C(Nc1ccc(C(=O)N2CCOCC2)c(Cl)c1)c1c2c(nc3ccccc13)/C(=C/c1cccc(Oc3ccccc3)c1)CC2. The van der Waals surface area contributed by atoms with Crippen molar-refractivity contribution in [2.75, 3.05) is 31.6 Å². The van der Waals surface area contributed by atoms with Gasteiger partial charge in [-0.3, -0.25) is 9.59 Å². The number of pyridine rings is 1. The summed E-state index contributed by atoms with van der Waals surface area (Å²) < 4.78 is 11.4. The van der Waals surface area contributed by atoms with E-state index in [0.717, 1.165) is 51.2 Å². The second kappa shape index (κ2) is 12.6. The maximum atomic E-state index is 13.9. The Bertz CT molecular complexity index is 1950. The number of nitrogens with zero attached hydrogens (tertiary/aromatic N) is 2. The molecule has 2 aliphatic rings. The highest BCUT2D eigenvalue weighted by Gasteiger charge is 2.27. The fourth-order valence-electron chi connectivity index (χ4n) is 5.93. The van der Waals surface area contributed by atoms with Crippen LogP contribution in [0.4, 0.5) is 5.69 Å². The predicted molar refractivity (Wildman–Crippen MR) is 177 cm³/mol. The first-order chi connectivity index (χ1) is 22.0. The third-order valence-corrected chi connectivity index (χ3v) is 8.42. The first-order valence-electron chi connectivity index (χ1n) is 15.0. The molecule has 0 radical (unpaired) electrons. The third-order valence-electron chi connectivity index (χ3n) is 8.10. The van der Waals surface area contributed by atoms with Crippen LogP contribution in [0.2, 0.25) is 5.02 Å². The highest BCUT2D eigenvalue weighted by atomic mass is 35.5. The molecule has 2 amide bonds. The molecule has 5 aromatic rings. The van der Waals surface area contributed by atoms with Crippen molar-refractivity contribution in [3.63, 3.8) is 0 Å². The number of allylic oxidation sites excluding steroid dienone is 1. The molecule has 0 atom stereocenters. The van der Waals surface area contributed by atoms with Gasteiger partial charge in [0.2, 0.25) is 0 Å². The number of halogens is 1. The lowest BCUT2D eigenvalue weighted by Gasteiger charge is -2.27. The van der Waals surface area contributed by atoms with Crippen molar-refractivity contribution in [3.8, 4) is 11.5 Å². The van der Waals surface area contributed by atoms with E-state index >= 15 is 0 Å². The standard InChI is InChI=1S/C37H30ClN3O4/c38-32-23-26(14-16-29(32)37(43)41-17-19-44-20-18-41)39-36(42)34-30-11-4-5-12-33(30)40-35-25(13-15-31(34)35)21-24-7-6-10-28(22-24)45-27-8-2-1-3-9-27/h1-12,14,16,21-23H,13,15,17-20H2,(H,39,42)/b25-21+. The molecule has 2 heterocycles. The summed E-state index contributed by atoms with van der Waals surface area (Å²) in [5.41, 5.74) is 6.08. The summed E-state index contributed by atoms with van der Waals surface area (Å²) in [5, 5.41) is 4.11. The Kier molecular flexibility index (Phi) is 8.03. The van der Waals surface area contributed by atoms with Crippen molar-refractivity contribution in [1.82, 2.24) is 9.88 Å². The summed E-state index contributed by atoms with van der Waals surface area (Å²) in [5.74, 6) is 1.14. The number of nitrogens with one attached hydrogen (secondary N) is 1. The zero-order valence-corrected chi connectivity index (χ0v) is 25.2. The normalized spacial score (nSPS) is 15.2. The maximum absolute atomic E-state index is 13.9. The van der Waals surface area contributed by atoms with Gasteiger partial charge in [-0.2, -0.15) is 0 Å². The minimum Gasteiger partial charge on any atom is -0.457 e. The van der Waals surface area contributed by atoms with E-state index in [0.29, 0.717) is 49.5 Å². The van der Waals surface area contributed by atoms with Gasteiger partial charge in [0, 0.05) is 24.2 Å². The molecule has 0 unspecified atom stereocenters. The number of ether oxygens (including phenoxy) is 2. The summed E-state index contributed by atoms with van der Waals surface area (Å²) in [6.45, 7) is 2.07. The molecule has 1 fully saturated rings. The number of hydrogen-bond donors (Lipinski definition) is 1. The maximum Gasteiger partial charge on any atom is 0.256 e. The molecule has 4 aromatic carbocycles. The fraction of sp³-hybridized carbons (Fsp3) is 0.162. The van der Waals surface area contributed by atoms with Gasteiger partial charge in [0.05, 0.1) is 40.6 Å². The molecule has 1 aliphatic carbocycles. The minimum absolute atomic E-state index is 0.143. The lowest BCUT2D eigenvalue weighted by atomic mass is 9.99. The Morgan fingerprint density at radius 2 is 1.64 bits per heavy atom. The number of morpholine rings is 1. The van der Waals surface area contributed by atoms with Crippen LogP contribution in [0.5, 0.6) is 11.5 Å². The van der Waals surface area contributed by atoms with Crippen LogP contribution in [0.15, 0.2) is 97.1 Å². The van der Waals surface area contributed by atoms with Crippen LogP contribution in [-0.2, 0) is 11.2 Å². The van der Waals surface area contributed by atoms with Crippen LogP contribution in [-0.4, -0.2) is 48.0 Å². The van der Waals surface area contributed by atoms with Crippen LogP contribution < -0.4 is 10.1 Å². The first-order valence-corrected chi connectivity index (χ1v) is 15.3. The van der Waals surface area contributed by atoms with Crippen molar-refractivity contribution >= 4 is 51.7 Å². The van der Waals surface area contributed by atoms with Crippen LogP contribution in [0.25, 0.3) is 22.6 Å². The Morgan fingerprint density at radius 1 is 0.867 bits per heavy atom. The van der Waals surface area contributed by atoms with Crippen LogP contribution in [0, 0.1) is 0 Å². The zero-order chi connectivity index (χ0) is 30.8. The molecular weight excluding hydrogens is 586 g/mol. The molecule has 45 heavy (non-hydrogen) atoms. The minimum atomic E-state index is -0.243. The number of para-hydroxylation sites is 2. The Balaban J connectivity index is 1.18. The van der Waals surface area contributed by atoms with Gasteiger partial charge in [-0.25, -0.2) is 4.98 Å². The largest absolute Gasteiger partial charge is 0.457 e. The molecule has 7 nitrogen and oxygen atoms in total. The van der Waals surface area contributed by atoms with E-state index in [-0.39, 0.29) is 16.8 Å². The van der Waals surface area contributed by atoms with E-state index < -0.39 is 0 Å². The number of benzene rings is 4. The quantitative estimate of drug-likeness (QED) is 0.210. The van der Waals surface area contributed by atoms with Crippen molar-refractivity contribution < 1.29 is 19.1 Å².